The molecule has 3 aliphatic rings. The maximum absolute atomic E-state index is 13.5. The predicted octanol–water partition coefficient (Wildman–Crippen LogP) is 2.26. The molecule has 3 fully saturated rings. The van der Waals surface area contributed by atoms with Gasteiger partial charge in [-0.05, 0) is 31.0 Å². The van der Waals surface area contributed by atoms with Gasteiger partial charge in [0.1, 0.15) is 11.9 Å². The fraction of sp³-hybridized carbons (Fsp3) is 0.500. The van der Waals surface area contributed by atoms with E-state index in [1.807, 2.05) is 0 Å². The fourth-order valence-electron chi connectivity index (χ4n) is 3.44. The minimum absolute atomic E-state index is 0.0287. The number of aliphatic imine (C=N–C) groups is 1. The van der Waals surface area contributed by atoms with Gasteiger partial charge in [0.15, 0.2) is 15.0 Å². The Morgan fingerprint density at radius 2 is 2.19 bits per heavy atom. The van der Waals surface area contributed by atoms with Crippen LogP contribution in [0.2, 0.25) is 5.02 Å². The number of anilines is 1. The van der Waals surface area contributed by atoms with Crippen LogP contribution in [0.5, 0.6) is 0 Å². The standard InChI is InChI=1S/C16H16ClFN2O4S2/c17-10-6-9(3-4-11(10)18)20-12-7-26(22,23)8-14(12)25-16(20)19-15(21)13-2-1-5-24-13/h3-4,6,12-14H,1-2,5,7-8H2/t12-,13-,14-/m1/s1. The first-order valence-corrected chi connectivity index (χ1v) is 11.3. The highest BCUT2D eigenvalue weighted by atomic mass is 35.5. The van der Waals surface area contributed by atoms with Crippen molar-refractivity contribution in [2.45, 2.75) is 30.2 Å². The predicted molar refractivity (Wildman–Crippen MR) is 99.1 cm³/mol. The zero-order chi connectivity index (χ0) is 18.5. The molecule has 0 spiro atoms. The van der Waals surface area contributed by atoms with Crippen molar-refractivity contribution >= 4 is 50.0 Å². The topological polar surface area (TPSA) is 76.0 Å². The molecule has 4 rings (SSSR count). The summed E-state index contributed by atoms with van der Waals surface area (Å²) in [5.74, 6) is -0.939. The molecule has 0 aliphatic carbocycles. The SMILES string of the molecule is O=C(N=C1S[C@@H]2CS(=O)(=O)C[C@H]2N1c1ccc(F)c(Cl)c1)[C@H]1CCCO1. The molecule has 26 heavy (non-hydrogen) atoms. The smallest absolute Gasteiger partial charge is 0.277 e. The first-order chi connectivity index (χ1) is 12.3. The van der Waals surface area contributed by atoms with E-state index in [9.17, 15) is 17.6 Å². The van der Waals surface area contributed by atoms with Gasteiger partial charge in [-0.2, -0.15) is 4.99 Å². The molecule has 0 aromatic heterocycles. The molecule has 0 unspecified atom stereocenters. The maximum atomic E-state index is 13.5. The monoisotopic (exact) mass is 418 g/mol. The van der Waals surface area contributed by atoms with Crippen LogP contribution in [0.4, 0.5) is 10.1 Å². The lowest BCUT2D eigenvalue weighted by atomic mass is 10.2. The van der Waals surface area contributed by atoms with Gasteiger partial charge in [-0.25, -0.2) is 12.8 Å². The normalized spacial score (nSPS) is 31.5. The second-order valence-electron chi connectivity index (χ2n) is 6.50. The number of halogens is 2. The number of amidine groups is 1. The third-order valence-corrected chi connectivity index (χ3v) is 8.16. The van der Waals surface area contributed by atoms with Crippen molar-refractivity contribution in [2.24, 2.45) is 4.99 Å². The van der Waals surface area contributed by atoms with Crippen molar-refractivity contribution in [3.63, 3.8) is 0 Å². The van der Waals surface area contributed by atoms with Crippen molar-refractivity contribution in [2.75, 3.05) is 23.0 Å². The number of nitrogens with zero attached hydrogens (tertiary/aromatic N) is 2. The summed E-state index contributed by atoms with van der Waals surface area (Å²) in [6.45, 7) is 0.537. The molecule has 140 valence electrons. The van der Waals surface area contributed by atoms with E-state index in [1.54, 1.807) is 4.90 Å². The van der Waals surface area contributed by atoms with Crippen LogP contribution >= 0.6 is 23.4 Å². The Kier molecular flexibility index (Phi) is 4.75. The Bertz CT molecular complexity index is 886. The lowest BCUT2D eigenvalue weighted by molar-refractivity contribution is -0.126. The van der Waals surface area contributed by atoms with Gasteiger partial charge in [0, 0.05) is 17.5 Å². The molecule has 1 aromatic rings. The second-order valence-corrected chi connectivity index (χ2v) is 10.3. The first-order valence-electron chi connectivity index (χ1n) is 8.19. The molecule has 0 radical (unpaired) electrons. The van der Waals surface area contributed by atoms with Crippen molar-refractivity contribution in [1.82, 2.24) is 0 Å². The third-order valence-electron chi connectivity index (χ3n) is 4.66. The maximum Gasteiger partial charge on any atom is 0.277 e. The number of fused-ring (bicyclic) bond motifs is 1. The Balaban J connectivity index is 1.70. The number of benzene rings is 1. The van der Waals surface area contributed by atoms with E-state index in [-0.39, 0.29) is 33.7 Å². The van der Waals surface area contributed by atoms with Gasteiger partial charge >= 0.3 is 0 Å². The average Bonchev–Trinajstić information content (AvgIpc) is 3.25. The van der Waals surface area contributed by atoms with E-state index in [0.717, 1.165) is 6.42 Å². The van der Waals surface area contributed by atoms with Crippen LogP contribution in [0.15, 0.2) is 23.2 Å². The molecule has 3 saturated heterocycles. The quantitative estimate of drug-likeness (QED) is 0.733. The molecule has 3 atom stereocenters. The largest absolute Gasteiger partial charge is 0.368 e. The summed E-state index contributed by atoms with van der Waals surface area (Å²) in [5, 5.41) is 0.125. The van der Waals surface area contributed by atoms with E-state index in [1.165, 1.54) is 30.0 Å². The van der Waals surface area contributed by atoms with Gasteiger partial charge < -0.3 is 9.64 Å². The number of carbonyl (C=O) groups is 1. The van der Waals surface area contributed by atoms with Crippen LogP contribution in [0.3, 0.4) is 0 Å². The zero-order valence-electron chi connectivity index (χ0n) is 13.6. The molecular weight excluding hydrogens is 403 g/mol. The fourth-order valence-corrected chi connectivity index (χ4v) is 7.53. The number of amides is 1. The summed E-state index contributed by atoms with van der Waals surface area (Å²) in [7, 11) is -3.17. The lowest BCUT2D eigenvalue weighted by Crippen LogP contribution is -2.38. The molecule has 0 N–H and O–H groups in total. The molecule has 6 nitrogen and oxygen atoms in total. The molecule has 0 bridgehead atoms. The average molecular weight is 419 g/mol. The number of sulfone groups is 1. The van der Waals surface area contributed by atoms with Crippen molar-refractivity contribution in [3.8, 4) is 0 Å². The number of ether oxygens (including phenoxy) is 1. The highest BCUT2D eigenvalue weighted by Crippen LogP contribution is 2.41. The molecule has 0 saturated carbocycles. The summed E-state index contributed by atoms with van der Waals surface area (Å²) in [6, 6.07) is 3.80. The van der Waals surface area contributed by atoms with E-state index in [0.29, 0.717) is 23.9 Å². The molecule has 1 amide bonds. The van der Waals surface area contributed by atoms with Crippen LogP contribution in [0.1, 0.15) is 12.8 Å². The van der Waals surface area contributed by atoms with Crippen molar-refractivity contribution in [1.29, 1.82) is 0 Å². The van der Waals surface area contributed by atoms with E-state index >= 15 is 0 Å². The molecule has 3 aliphatic heterocycles. The number of hydrogen-bond donors (Lipinski definition) is 0. The lowest BCUT2D eigenvalue weighted by Gasteiger charge is -2.24. The van der Waals surface area contributed by atoms with Crippen LogP contribution in [-0.4, -0.2) is 55.0 Å². The Morgan fingerprint density at radius 3 is 2.88 bits per heavy atom. The van der Waals surface area contributed by atoms with E-state index in [2.05, 4.69) is 4.99 Å². The van der Waals surface area contributed by atoms with Crippen LogP contribution in [0.25, 0.3) is 0 Å². The molecule has 10 heteroatoms. The molecule has 3 heterocycles. The molecule has 1 aromatic carbocycles. The van der Waals surface area contributed by atoms with Gasteiger partial charge in [-0.3, -0.25) is 4.79 Å². The first kappa shape index (κ1) is 18.2. The van der Waals surface area contributed by atoms with E-state index < -0.39 is 21.8 Å². The van der Waals surface area contributed by atoms with Crippen molar-refractivity contribution in [3.05, 3.63) is 29.0 Å². The Labute approximate surface area is 159 Å². The third kappa shape index (κ3) is 3.37. The summed E-state index contributed by atoms with van der Waals surface area (Å²) in [5.41, 5.74) is 0.521. The number of hydrogen-bond acceptors (Lipinski definition) is 5. The van der Waals surface area contributed by atoms with Crippen LogP contribution in [0, 0.1) is 5.82 Å². The van der Waals surface area contributed by atoms with Gasteiger partial charge in [-0.15, -0.1) is 0 Å². The highest BCUT2D eigenvalue weighted by Gasteiger charge is 2.49. The van der Waals surface area contributed by atoms with Crippen molar-refractivity contribution < 1.29 is 22.3 Å². The number of thioether (sulfide) groups is 1. The highest BCUT2D eigenvalue weighted by molar-refractivity contribution is 8.16. The minimum Gasteiger partial charge on any atom is -0.368 e. The van der Waals surface area contributed by atoms with Crippen LogP contribution < -0.4 is 4.90 Å². The van der Waals surface area contributed by atoms with E-state index in [4.69, 9.17) is 16.3 Å². The zero-order valence-corrected chi connectivity index (χ0v) is 16.0. The summed E-state index contributed by atoms with van der Waals surface area (Å²) in [6.07, 6.45) is 0.893. The summed E-state index contributed by atoms with van der Waals surface area (Å²) >= 11 is 7.16. The van der Waals surface area contributed by atoms with Gasteiger partial charge in [0.25, 0.3) is 5.91 Å². The minimum atomic E-state index is -3.17. The van der Waals surface area contributed by atoms with Gasteiger partial charge in [0.05, 0.1) is 22.6 Å². The number of carbonyl (C=O) groups excluding carboxylic acids is 1. The summed E-state index contributed by atoms with van der Waals surface area (Å²) < 4.78 is 43.0. The Morgan fingerprint density at radius 1 is 1.38 bits per heavy atom. The van der Waals surface area contributed by atoms with Crippen LogP contribution in [-0.2, 0) is 19.4 Å². The van der Waals surface area contributed by atoms with Gasteiger partial charge in [-0.1, -0.05) is 23.4 Å². The Hall–Kier alpha value is -1.16. The second kappa shape index (κ2) is 6.78. The summed E-state index contributed by atoms with van der Waals surface area (Å²) in [4.78, 5) is 18.3. The number of rotatable bonds is 2. The van der Waals surface area contributed by atoms with Gasteiger partial charge in [0.2, 0.25) is 0 Å². The molecular formula is C16H16ClFN2O4S2.